The summed E-state index contributed by atoms with van der Waals surface area (Å²) in [5.41, 5.74) is 8.13. The van der Waals surface area contributed by atoms with E-state index in [9.17, 15) is 4.79 Å². The fourth-order valence-corrected chi connectivity index (χ4v) is 2.33. The van der Waals surface area contributed by atoms with E-state index in [4.69, 9.17) is 5.73 Å². The van der Waals surface area contributed by atoms with Gasteiger partial charge >= 0.3 is 0 Å². The molecule has 0 unspecified atom stereocenters. The van der Waals surface area contributed by atoms with Crippen molar-refractivity contribution in [1.82, 2.24) is 5.32 Å². The van der Waals surface area contributed by atoms with E-state index < -0.39 is 0 Å². The second kappa shape index (κ2) is 9.80. The Morgan fingerprint density at radius 3 is 2.24 bits per heavy atom. The van der Waals surface area contributed by atoms with Crippen LogP contribution in [0.15, 0.2) is 24.3 Å². The lowest BCUT2D eigenvalue weighted by Gasteiger charge is -2.31. The number of nitrogens with one attached hydrogen (secondary N) is 1. The Labute approximate surface area is 135 Å². The molecule has 0 aliphatic heterocycles. The molecule has 0 saturated heterocycles. The molecule has 3 N–H and O–H groups in total. The topological polar surface area (TPSA) is 55.1 Å². The Morgan fingerprint density at radius 1 is 1.19 bits per heavy atom. The molecule has 0 atom stereocenters. The fraction of sp³-hybridized carbons (Fsp3) is 0.588. The van der Waals surface area contributed by atoms with Crippen molar-refractivity contribution in [1.29, 1.82) is 0 Å². The van der Waals surface area contributed by atoms with Crippen molar-refractivity contribution in [2.45, 2.75) is 58.4 Å². The second-order valence-corrected chi connectivity index (χ2v) is 5.58. The highest BCUT2D eigenvalue weighted by Gasteiger charge is 2.25. The van der Waals surface area contributed by atoms with E-state index in [1.807, 2.05) is 0 Å². The number of aryl methyl sites for hydroxylation is 2. The van der Waals surface area contributed by atoms with Gasteiger partial charge in [-0.15, -0.1) is 12.4 Å². The van der Waals surface area contributed by atoms with Crippen LogP contribution in [0.3, 0.4) is 0 Å². The number of halogens is 1. The van der Waals surface area contributed by atoms with Crippen LogP contribution in [0.2, 0.25) is 0 Å². The maximum atomic E-state index is 12.0. The van der Waals surface area contributed by atoms with Gasteiger partial charge in [-0.2, -0.15) is 0 Å². The molecule has 0 fully saturated rings. The first kappa shape index (κ1) is 19.9. The molecule has 0 aliphatic carbocycles. The average molecular weight is 313 g/mol. The van der Waals surface area contributed by atoms with Crippen LogP contribution in [0.5, 0.6) is 0 Å². The monoisotopic (exact) mass is 312 g/mol. The molecule has 0 aliphatic rings. The minimum Gasteiger partial charge on any atom is -0.349 e. The number of benzene rings is 1. The van der Waals surface area contributed by atoms with Crippen LogP contribution in [0.4, 0.5) is 0 Å². The first-order chi connectivity index (χ1) is 9.55. The van der Waals surface area contributed by atoms with Gasteiger partial charge in [0.15, 0.2) is 0 Å². The highest BCUT2D eigenvalue weighted by molar-refractivity contribution is 5.85. The Hall–Kier alpha value is -1.06. The zero-order valence-electron chi connectivity index (χ0n) is 13.4. The lowest BCUT2D eigenvalue weighted by atomic mass is 9.92. The van der Waals surface area contributed by atoms with Crippen molar-refractivity contribution in [3.8, 4) is 0 Å². The molecule has 0 radical (unpaired) electrons. The van der Waals surface area contributed by atoms with Crippen molar-refractivity contribution >= 4 is 18.3 Å². The number of hydrogen-bond donors (Lipinski definition) is 2. The Kier molecular flexibility index (Phi) is 9.31. The van der Waals surface area contributed by atoms with Crippen molar-refractivity contribution in [3.63, 3.8) is 0 Å². The summed E-state index contributed by atoms with van der Waals surface area (Å²) in [6.07, 6.45) is 4.15. The summed E-state index contributed by atoms with van der Waals surface area (Å²) in [6, 6.07) is 8.50. The fourth-order valence-electron chi connectivity index (χ4n) is 2.33. The molecular formula is C17H29ClN2O. The largest absolute Gasteiger partial charge is 0.349 e. The number of carbonyl (C=O) groups is 1. The van der Waals surface area contributed by atoms with E-state index in [0.717, 1.165) is 25.7 Å². The standard InChI is InChI=1S/C17H28N2O.ClH/c1-4-17(5-2,13-18)19-16(20)8-6-7-15-11-9-14(3)10-12-15;/h9-12H,4-8,13,18H2,1-3H3,(H,19,20);1H. The van der Waals surface area contributed by atoms with Gasteiger partial charge in [-0.3, -0.25) is 4.79 Å². The van der Waals surface area contributed by atoms with Gasteiger partial charge in [0.05, 0.1) is 5.54 Å². The molecule has 1 aromatic rings. The Bertz CT molecular complexity index is 405. The molecule has 1 amide bonds. The quantitative estimate of drug-likeness (QED) is 0.773. The molecule has 0 heterocycles. The van der Waals surface area contributed by atoms with Gasteiger partial charge in [-0.25, -0.2) is 0 Å². The summed E-state index contributed by atoms with van der Waals surface area (Å²) in [5, 5.41) is 3.11. The third-order valence-corrected chi connectivity index (χ3v) is 4.14. The van der Waals surface area contributed by atoms with E-state index >= 15 is 0 Å². The summed E-state index contributed by atoms with van der Waals surface area (Å²) < 4.78 is 0. The number of nitrogens with two attached hydrogens (primary N) is 1. The van der Waals surface area contributed by atoms with Crippen molar-refractivity contribution in [3.05, 3.63) is 35.4 Å². The number of hydrogen-bond acceptors (Lipinski definition) is 2. The van der Waals surface area contributed by atoms with Gasteiger partial charge in [0, 0.05) is 13.0 Å². The molecule has 0 aromatic heterocycles. The summed E-state index contributed by atoms with van der Waals surface area (Å²) in [4.78, 5) is 12.0. The molecule has 21 heavy (non-hydrogen) atoms. The summed E-state index contributed by atoms with van der Waals surface area (Å²) in [5.74, 6) is 0.117. The summed E-state index contributed by atoms with van der Waals surface area (Å²) in [7, 11) is 0. The van der Waals surface area contributed by atoms with E-state index in [0.29, 0.717) is 13.0 Å². The zero-order chi connectivity index (χ0) is 15.0. The molecule has 4 heteroatoms. The van der Waals surface area contributed by atoms with E-state index in [-0.39, 0.29) is 23.9 Å². The van der Waals surface area contributed by atoms with Crippen LogP contribution < -0.4 is 11.1 Å². The van der Waals surface area contributed by atoms with Crippen molar-refractivity contribution < 1.29 is 4.79 Å². The minimum atomic E-state index is -0.221. The molecular weight excluding hydrogens is 284 g/mol. The van der Waals surface area contributed by atoms with Gasteiger partial charge < -0.3 is 11.1 Å². The first-order valence-electron chi connectivity index (χ1n) is 7.62. The summed E-state index contributed by atoms with van der Waals surface area (Å²) in [6.45, 7) is 6.73. The normalized spacial score (nSPS) is 10.9. The molecule has 0 bridgehead atoms. The van der Waals surface area contributed by atoms with Crippen LogP contribution in [0, 0.1) is 6.92 Å². The Balaban J connectivity index is 0.00000400. The highest BCUT2D eigenvalue weighted by Crippen LogP contribution is 2.14. The number of amides is 1. The van der Waals surface area contributed by atoms with Gasteiger partial charge in [0.25, 0.3) is 0 Å². The van der Waals surface area contributed by atoms with Crippen LogP contribution in [-0.4, -0.2) is 18.0 Å². The van der Waals surface area contributed by atoms with E-state index in [1.165, 1.54) is 11.1 Å². The lowest BCUT2D eigenvalue weighted by Crippen LogP contribution is -2.52. The van der Waals surface area contributed by atoms with Gasteiger partial charge in [0.2, 0.25) is 5.91 Å². The van der Waals surface area contributed by atoms with Crippen molar-refractivity contribution in [2.24, 2.45) is 5.73 Å². The zero-order valence-corrected chi connectivity index (χ0v) is 14.3. The smallest absolute Gasteiger partial charge is 0.220 e. The average Bonchev–Trinajstić information content (AvgIpc) is 2.47. The first-order valence-corrected chi connectivity index (χ1v) is 7.62. The third kappa shape index (κ3) is 6.49. The molecule has 1 rings (SSSR count). The molecule has 120 valence electrons. The predicted octanol–water partition coefficient (Wildman–Crippen LogP) is 3.37. The molecule has 0 spiro atoms. The number of rotatable bonds is 8. The molecule has 0 saturated carbocycles. The van der Waals surface area contributed by atoms with E-state index in [1.54, 1.807) is 0 Å². The number of carbonyl (C=O) groups excluding carboxylic acids is 1. The maximum Gasteiger partial charge on any atom is 0.220 e. The minimum absolute atomic E-state index is 0. The maximum absolute atomic E-state index is 12.0. The van der Waals surface area contributed by atoms with Crippen molar-refractivity contribution in [2.75, 3.05) is 6.54 Å². The van der Waals surface area contributed by atoms with Gasteiger partial charge in [-0.1, -0.05) is 43.7 Å². The van der Waals surface area contributed by atoms with Crippen LogP contribution >= 0.6 is 12.4 Å². The van der Waals surface area contributed by atoms with Gasteiger partial charge in [0.1, 0.15) is 0 Å². The SMILES string of the molecule is CCC(CC)(CN)NC(=O)CCCc1ccc(C)cc1.Cl. The Morgan fingerprint density at radius 2 is 1.76 bits per heavy atom. The van der Waals surface area contributed by atoms with E-state index in [2.05, 4.69) is 50.4 Å². The highest BCUT2D eigenvalue weighted by atomic mass is 35.5. The van der Waals surface area contributed by atoms with Gasteiger partial charge in [-0.05, 0) is 38.2 Å². The lowest BCUT2D eigenvalue weighted by molar-refractivity contribution is -0.123. The third-order valence-electron chi connectivity index (χ3n) is 4.14. The molecule has 3 nitrogen and oxygen atoms in total. The van der Waals surface area contributed by atoms with Crippen LogP contribution in [0.25, 0.3) is 0 Å². The molecule has 1 aromatic carbocycles. The summed E-state index contributed by atoms with van der Waals surface area (Å²) >= 11 is 0. The second-order valence-electron chi connectivity index (χ2n) is 5.58. The van der Waals surface area contributed by atoms with Crippen LogP contribution in [0.1, 0.15) is 50.7 Å². The predicted molar refractivity (Wildman–Crippen MR) is 91.9 cm³/mol. The van der Waals surface area contributed by atoms with Crippen LogP contribution in [-0.2, 0) is 11.2 Å².